The lowest BCUT2D eigenvalue weighted by Gasteiger charge is -2.25. The molecule has 1 fully saturated rings. The molecule has 1 amide bonds. The Morgan fingerprint density at radius 1 is 1.34 bits per heavy atom. The number of aliphatic hydroxyl groups excluding tert-OH is 1. The van der Waals surface area contributed by atoms with Crippen molar-refractivity contribution in [3.63, 3.8) is 0 Å². The molecule has 158 valence electrons. The van der Waals surface area contributed by atoms with Gasteiger partial charge in [0.1, 0.15) is 0 Å². The van der Waals surface area contributed by atoms with E-state index in [1.165, 1.54) is 0 Å². The molecule has 8 nitrogen and oxygen atoms in total. The summed E-state index contributed by atoms with van der Waals surface area (Å²) < 4.78 is 10.3. The van der Waals surface area contributed by atoms with E-state index in [1.807, 2.05) is 39.0 Å². The second-order valence-electron chi connectivity index (χ2n) is 6.35. The maximum atomic E-state index is 12.4. The van der Waals surface area contributed by atoms with Crippen molar-refractivity contribution in [1.82, 2.24) is 4.98 Å². The molecule has 1 aliphatic heterocycles. The highest BCUT2D eigenvalue weighted by Crippen LogP contribution is 2.30. The van der Waals surface area contributed by atoms with Gasteiger partial charge in [-0.3, -0.25) is 4.79 Å². The zero-order valence-corrected chi connectivity index (χ0v) is 17.1. The molecule has 0 unspecified atom stereocenters. The fraction of sp³-hybridized carbons (Fsp3) is 0.476. The molecule has 0 bridgehead atoms. The smallest absolute Gasteiger partial charge is 0.394 e. The SMILES string of the molecule is CC.CCc1cc(N2C(=O)CC[C@@H]2CCOc2ncc(C(=O)O)o2)ccc1CO. The third kappa shape index (κ3) is 5.35. The predicted molar refractivity (Wildman–Crippen MR) is 107 cm³/mol. The van der Waals surface area contributed by atoms with Crippen LogP contribution in [0.1, 0.15) is 61.7 Å². The summed E-state index contributed by atoms with van der Waals surface area (Å²) >= 11 is 0. The second-order valence-corrected chi connectivity index (χ2v) is 6.35. The zero-order chi connectivity index (χ0) is 21.4. The molecule has 2 aromatic rings. The normalized spacial score (nSPS) is 15.8. The Hall–Kier alpha value is -2.87. The fourth-order valence-corrected chi connectivity index (χ4v) is 3.32. The van der Waals surface area contributed by atoms with Gasteiger partial charge in [-0.1, -0.05) is 26.8 Å². The number of ether oxygens (including phenoxy) is 1. The third-order valence-corrected chi connectivity index (χ3v) is 4.72. The van der Waals surface area contributed by atoms with Gasteiger partial charge < -0.3 is 24.3 Å². The largest absolute Gasteiger partial charge is 0.475 e. The van der Waals surface area contributed by atoms with Crippen molar-refractivity contribution in [3.8, 4) is 6.08 Å². The van der Waals surface area contributed by atoms with Crippen molar-refractivity contribution in [2.24, 2.45) is 0 Å². The van der Waals surface area contributed by atoms with Crippen LogP contribution in [0.2, 0.25) is 0 Å². The Morgan fingerprint density at radius 3 is 2.72 bits per heavy atom. The summed E-state index contributed by atoms with van der Waals surface area (Å²) in [5, 5.41) is 18.2. The monoisotopic (exact) mass is 404 g/mol. The van der Waals surface area contributed by atoms with Gasteiger partial charge in [-0.25, -0.2) is 4.79 Å². The van der Waals surface area contributed by atoms with Crippen molar-refractivity contribution >= 4 is 17.6 Å². The Bertz CT molecular complexity index is 832. The number of anilines is 1. The van der Waals surface area contributed by atoms with Crippen LogP contribution in [0.4, 0.5) is 5.69 Å². The molecule has 0 radical (unpaired) electrons. The first kappa shape index (κ1) is 22.4. The van der Waals surface area contributed by atoms with E-state index in [9.17, 15) is 14.7 Å². The molecule has 1 aliphatic rings. The standard InChI is InChI=1S/C19H22N2O6.C2H6/c1-2-12-9-15(4-3-13(12)11-22)21-14(5-6-17(21)23)7-8-26-19-20-10-16(27-19)18(24)25;1-2/h3-4,9-10,14,22H,2,5-8,11H2,1H3,(H,24,25);1-2H3/t14-;/m1./s1. The molecule has 8 heteroatoms. The second kappa shape index (κ2) is 10.6. The first-order valence-electron chi connectivity index (χ1n) is 9.90. The summed E-state index contributed by atoms with van der Waals surface area (Å²) in [6.45, 7) is 6.24. The maximum Gasteiger partial charge on any atom is 0.394 e. The quantitative estimate of drug-likeness (QED) is 0.693. The van der Waals surface area contributed by atoms with Gasteiger partial charge in [-0.05, 0) is 36.1 Å². The third-order valence-electron chi connectivity index (χ3n) is 4.72. The number of hydrogen-bond acceptors (Lipinski definition) is 6. The van der Waals surface area contributed by atoms with E-state index in [4.69, 9.17) is 14.3 Å². The van der Waals surface area contributed by atoms with E-state index in [1.54, 1.807) is 4.90 Å². The summed E-state index contributed by atoms with van der Waals surface area (Å²) in [6.07, 6.45) is 3.53. The molecular weight excluding hydrogens is 376 g/mol. The van der Waals surface area contributed by atoms with Gasteiger partial charge in [0, 0.05) is 24.6 Å². The number of carbonyl (C=O) groups is 2. The molecule has 0 spiro atoms. The lowest BCUT2D eigenvalue weighted by Crippen LogP contribution is -2.34. The number of rotatable bonds is 8. The number of benzene rings is 1. The molecule has 0 aliphatic carbocycles. The molecule has 1 atom stereocenters. The Labute approximate surface area is 170 Å². The summed E-state index contributed by atoms with van der Waals surface area (Å²) in [5.41, 5.74) is 2.71. The summed E-state index contributed by atoms with van der Waals surface area (Å²) in [5.74, 6) is -1.43. The van der Waals surface area contributed by atoms with E-state index >= 15 is 0 Å². The van der Waals surface area contributed by atoms with E-state index < -0.39 is 5.97 Å². The van der Waals surface area contributed by atoms with Crippen molar-refractivity contribution in [2.75, 3.05) is 11.5 Å². The molecule has 1 aromatic carbocycles. The highest BCUT2D eigenvalue weighted by Gasteiger charge is 2.32. The fourth-order valence-electron chi connectivity index (χ4n) is 3.32. The maximum absolute atomic E-state index is 12.4. The van der Waals surface area contributed by atoms with Crippen molar-refractivity contribution in [2.45, 2.75) is 59.1 Å². The molecule has 29 heavy (non-hydrogen) atoms. The molecule has 3 rings (SSSR count). The summed E-state index contributed by atoms with van der Waals surface area (Å²) in [7, 11) is 0. The highest BCUT2D eigenvalue weighted by atomic mass is 16.6. The highest BCUT2D eigenvalue weighted by molar-refractivity contribution is 5.96. The number of carbonyl (C=O) groups excluding carboxylic acids is 1. The van der Waals surface area contributed by atoms with Crippen LogP contribution >= 0.6 is 0 Å². The topological polar surface area (TPSA) is 113 Å². The van der Waals surface area contributed by atoms with Gasteiger partial charge in [0.15, 0.2) is 0 Å². The van der Waals surface area contributed by atoms with Crippen LogP contribution in [-0.2, 0) is 17.8 Å². The van der Waals surface area contributed by atoms with E-state index in [0.29, 0.717) is 12.8 Å². The van der Waals surface area contributed by atoms with Crippen LogP contribution < -0.4 is 9.64 Å². The molecular formula is C21H28N2O6. The van der Waals surface area contributed by atoms with Gasteiger partial charge in [0.05, 0.1) is 19.4 Å². The average Bonchev–Trinajstić information content (AvgIpc) is 3.36. The van der Waals surface area contributed by atoms with Crippen LogP contribution in [0.3, 0.4) is 0 Å². The minimum atomic E-state index is -1.21. The predicted octanol–water partition coefficient (Wildman–Crippen LogP) is 3.42. The molecule has 1 saturated heterocycles. The number of amides is 1. The Kier molecular flexibility index (Phi) is 8.21. The van der Waals surface area contributed by atoms with Crippen LogP contribution in [0, 0.1) is 0 Å². The van der Waals surface area contributed by atoms with Crippen LogP contribution in [0.25, 0.3) is 0 Å². The Morgan fingerprint density at radius 2 is 2.10 bits per heavy atom. The number of aryl methyl sites for hydroxylation is 1. The van der Waals surface area contributed by atoms with E-state index in [0.717, 1.165) is 35.9 Å². The minimum Gasteiger partial charge on any atom is -0.475 e. The molecule has 0 saturated carbocycles. The molecule has 2 heterocycles. The zero-order valence-electron chi connectivity index (χ0n) is 17.1. The summed E-state index contributed by atoms with van der Waals surface area (Å²) in [6, 6.07) is 5.65. The Balaban J connectivity index is 0.00000145. The van der Waals surface area contributed by atoms with Gasteiger partial charge in [0.2, 0.25) is 11.7 Å². The van der Waals surface area contributed by atoms with Crippen molar-refractivity contribution in [3.05, 3.63) is 41.3 Å². The lowest BCUT2D eigenvalue weighted by molar-refractivity contribution is -0.117. The number of carboxylic acid groups (broad SMARTS) is 1. The number of aliphatic hydroxyl groups is 1. The van der Waals surface area contributed by atoms with Crippen molar-refractivity contribution < 1.29 is 29.0 Å². The van der Waals surface area contributed by atoms with Crippen molar-refractivity contribution in [1.29, 1.82) is 0 Å². The van der Waals surface area contributed by atoms with Gasteiger partial charge in [-0.2, -0.15) is 4.98 Å². The van der Waals surface area contributed by atoms with Gasteiger partial charge >= 0.3 is 12.0 Å². The average molecular weight is 404 g/mol. The number of oxazole rings is 1. The lowest BCUT2D eigenvalue weighted by atomic mass is 10.0. The van der Waals surface area contributed by atoms with Gasteiger partial charge in [-0.15, -0.1) is 0 Å². The number of aromatic carboxylic acids is 1. The first-order chi connectivity index (χ1) is 14.0. The number of nitrogens with zero attached hydrogens (tertiary/aromatic N) is 2. The minimum absolute atomic E-state index is 0.0175. The number of hydrogen-bond donors (Lipinski definition) is 2. The van der Waals surface area contributed by atoms with E-state index in [-0.39, 0.29) is 37.0 Å². The molecule has 2 N–H and O–H groups in total. The van der Waals surface area contributed by atoms with Crippen LogP contribution in [0.5, 0.6) is 6.08 Å². The summed E-state index contributed by atoms with van der Waals surface area (Å²) in [4.78, 5) is 28.7. The molecule has 1 aromatic heterocycles. The van der Waals surface area contributed by atoms with Gasteiger partial charge in [0.25, 0.3) is 0 Å². The number of carboxylic acids is 1. The number of aromatic nitrogens is 1. The van der Waals surface area contributed by atoms with E-state index in [2.05, 4.69) is 4.98 Å². The van der Waals surface area contributed by atoms with Crippen LogP contribution in [0.15, 0.2) is 28.8 Å². The first-order valence-corrected chi connectivity index (χ1v) is 9.90. The van der Waals surface area contributed by atoms with Crippen LogP contribution in [-0.4, -0.2) is 39.7 Å².